The Bertz CT molecular complexity index is 258. The number of hydrogen-bond donors (Lipinski definition) is 1. The van der Waals surface area contributed by atoms with Crippen LogP contribution in [0.4, 0.5) is 0 Å². The summed E-state index contributed by atoms with van der Waals surface area (Å²) in [6.07, 6.45) is 11.1. The van der Waals surface area contributed by atoms with Crippen LogP contribution in [0.3, 0.4) is 0 Å². The molecule has 1 aliphatic heterocycles. The summed E-state index contributed by atoms with van der Waals surface area (Å²) in [5.41, 5.74) is 0.199. The second-order valence-electron chi connectivity index (χ2n) is 6.59. The second-order valence-corrected chi connectivity index (χ2v) is 6.59. The van der Waals surface area contributed by atoms with Gasteiger partial charge in [-0.2, -0.15) is 0 Å². The SMILES string of the molecule is CC1CCCC2(C1)OCCNC2C1CCCC1. The topological polar surface area (TPSA) is 21.3 Å². The van der Waals surface area contributed by atoms with E-state index in [1.807, 2.05) is 0 Å². The molecule has 0 aromatic rings. The summed E-state index contributed by atoms with van der Waals surface area (Å²) < 4.78 is 6.34. The number of rotatable bonds is 1. The molecular formula is C15H27NO. The highest BCUT2D eigenvalue weighted by Crippen LogP contribution is 2.44. The van der Waals surface area contributed by atoms with Gasteiger partial charge in [0.2, 0.25) is 0 Å². The molecule has 1 saturated heterocycles. The average molecular weight is 237 g/mol. The lowest BCUT2D eigenvalue weighted by molar-refractivity contribution is -0.138. The third-order valence-corrected chi connectivity index (χ3v) is 5.28. The second kappa shape index (κ2) is 4.89. The van der Waals surface area contributed by atoms with E-state index in [9.17, 15) is 0 Å². The van der Waals surface area contributed by atoms with Gasteiger partial charge in [0, 0.05) is 12.6 Å². The largest absolute Gasteiger partial charge is 0.372 e. The first-order chi connectivity index (χ1) is 8.30. The third-order valence-electron chi connectivity index (χ3n) is 5.28. The molecule has 2 saturated carbocycles. The van der Waals surface area contributed by atoms with E-state index in [0.717, 1.165) is 25.0 Å². The number of morpholine rings is 1. The summed E-state index contributed by atoms with van der Waals surface area (Å²) in [5.74, 6) is 1.74. The van der Waals surface area contributed by atoms with E-state index in [1.54, 1.807) is 0 Å². The fourth-order valence-electron chi connectivity index (χ4n) is 4.59. The van der Waals surface area contributed by atoms with Crippen LogP contribution in [0.15, 0.2) is 0 Å². The minimum absolute atomic E-state index is 0.199. The summed E-state index contributed by atoms with van der Waals surface area (Å²) >= 11 is 0. The van der Waals surface area contributed by atoms with Gasteiger partial charge in [0.15, 0.2) is 0 Å². The lowest BCUT2D eigenvalue weighted by Crippen LogP contribution is -2.62. The Labute approximate surface area is 105 Å². The Morgan fingerprint density at radius 1 is 1.12 bits per heavy atom. The van der Waals surface area contributed by atoms with Crippen molar-refractivity contribution in [3.63, 3.8) is 0 Å². The first-order valence-corrected chi connectivity index (χ1v) is 7.67. The summed E-state index contributed by atoms with van der Waals surface area (Å²) in [7, 11) is 0. The van der Waals surface area contributed by atoms with Crippen molar-refractivity contribution < 1.29 is 4.74 Å². The van der Waals surface area contributed by atoms with E-state index < -0.39 is 0 Å². The zero-order valence-electron chi connectivity index (χ0n) is 11.2. The van der Waals surface area contributed by atoms with Gasteiger partial charge in [-0.25, -0.2) is 0 Å². The average Bonchev–Trinajstić information content (AvgIpc) is 2.83. The van der Waals surface area contributed by atoms with Crippen LogP contribution in [-0.2, 0) is 4.74 Å². The molecule has 0 amide bonds. The van der Waals surface area contributed by atoms with Crippen LogP contribution < -0.4 is 5.32 Å². The van der Waals surface area contributed by atoms with Gasteiger partial charge in [-0.05, 0) is 37.5 Å². The van der Waals surface area contributed by atoms with Gasteiger partial charge >= 0.3 is 0 Å². The van der Waals surface area contributed by atoms with Crippen molar-refractivity contribution in [2.75, 3.05) is 13.2 Å². The van der Waals surface area contributed by atoms with Crippen LogP contribution in [0.25, 0.3) is 0 Å². The standard InChI is InChI=1S/C15H27NO/c1-12-5-4-8-15(11-12)14(16-9-10-17-15)13-6-2-3-7-13/h12-14,16H,2-11H2,1H3. The lowest BCUT2D eigenvalue weighted by atomic mass is 9.70. The number of nitrogens with one attached hydrogen (secondary N) is 1. The molecule has 0 radical (unpaired) electrons. The Balaban J connectivity index is 1.77. The van der Waals surface area contributed by atoms with Crippen molar-refractivity contribution in [1.82, 2.24) is 5.32 Å². The fourth-order valence-corrected chi connectivity index (χ4v) is 4.59. The molecule has 17 heavy (non-hydrogen) atoms. The molecule has 0 aromatic heterocycles. The highest BCUT2D eigenvalue weighted by atomic mass is 16.5. The molecule has 2 aliphatic carbocycles. The van der Waals surface area contributed by atoms with Gasteiger partial charge in [0.05, 0.1) is 12.2 Å². The highest BCUT2D eigenvalue weighted by molar-refractivity contribution is 5.02. The molecule has 1 heterocycles. The van der Waals surface area contributed by atoms with Gasteiger partial charge < -0.3 is 10.1 Å². The summed E-state index contributed by atoms with van der Waals surface area (Å²) in [6, 6.07) is 0.654. The maximum absolute atomic E-state index is 6.34. The molecule has 0 aromatic carbocycles. The molecule has 3 rings (SSSR count). The molecular weight excluding hydrogens is 210 g/mol. The van der Waals surface area contributed by atoms with E-state index in [-0.39, 0.29) is 5.60 Å². The van der Waals surface area contributed by atoms with Crippen molar-refractivity contribution in [3.05, 3.63) is 0 Å². The van der Waals surface area contributed by atoms with Crippen LogP contribution in [0.5, 0.6) is 0 Å². The summed E-state index contributed by atoms with van der Waals surface area (Å²) in [5, 5.41) is 3.82. The first-order valence-electron chi connectivity index (χ1n) is 7.67. The van der Waals surface area contributed by atoms with Gasteiger partial charge in [-0.1, -0.05) is 32.6 Å². The monoisotopic (exact) mass is 237 g/mol. The molecule has 1 spiro atoms. The van der Waals surface area contributed by atoms with Crippen LogP contribution in [0, 0.1) is 11.8 Å². The van der Waals surface area contributed by atoms with Crippen molar-refractivity contribution in [2.24, 2.45) is 11.8 Å². The molecule has 98 valence electrons. The Morgan fingerprint density at radius 2 is 1.94 bits per heavy atom. The predicted molar refractivity (Wildman–Crippen MR) is 70.1 cm³/mol. The Morgan fingerprint density at radius 3 is 2.71 bits per heavy atom. The van der Waals surface area contributed by atoms with E-state index in [1.165, 1.54) is 51.4 Å². The smallest absolute Gasteiger partial charge is 0.0840 e. The van der Waals surface area contributed by atoms with Gasteiger partial charge in [0.1, 0.15) is 0 Å². The van der Waals surface area contributed by atoms with Gasteiger partial charge in [-0.15, -0.1) is 0 Å². The first kappa shape index (κ1) is 12.0. The Hall–Kier alpha value is -0.0800. The van der Waals surface area contributed by atoms with Crippen molar-refractivity contribution >= 4 is 0 Å². The summed E-state index contributed by atoms with van der Waals surface area (Å²) in [6.45, 7) is 4.40. The minimum Gasteiger partial charge on any atom is -0.372 e. The van der Waals surface area contributed by atoms with E-state index in [2.05, 4.69) is 12.2 Å². The molecule has 2 nitrogen and oxygen atoms in total. The molecule has 0 bridgehead atoms. The highest BCUT2D eigenvalue weighted by Gasteiger charge is 2.47. The van der Waals surface area contributed by atoms with Crippen molar-refractivity contribution in [2.45, 2.75) is 69.9 Å². The van der Waals surface area contributed by atoms with Crippen LogP contribution in [0.1, 0.15) is 58.3 Å². The number of ether oxygens (including phenoxy) is 1. The normalized spacial score (nSPS) is 44.3. The third kappa shape index (κ3) is 2.26. The molecule has 3 aliphatic rings. The zero-order chi connectivity index (χ0) is 11.7. The Kier molecular flexibility index (Phi) is 3.45. The maximum Gasteiger partial charge on any atom is 0.0840 e. The summed E-state index contributed by atoms with van der Waals surface area (Å²) in [4.78, 5) is 0. The van der Waals surface area contributed by atoms with Crippen molar-refractivity contribution in [3.8, 4) is 0 Å². The zero-order valence-corrected chi connectivity index (χ0v) is 11.2. The quantitative estimate of drug-likeness (QED) is 0.756. The van der Waals surface area contributed by atoms with E-state index >= 15 is 0 Å². The van der Waals surface area contributed by atoms with Crippen molar-refractivity contribution in [1.29, 1.82) is 0 Å². The number of hydrogen-bond acceptors (Lipinski definition) is 2. The fraction of sp³-hybridized carbons (Fsp3) is 1.00. The van der Waals surface area contributed by atoms with Crippen LogP contribution >= 0.6 is 0 Å². The molecule has 2 heteroatoms. The molecule has 3 unspecified atom stereocenters. The van der Waals surface area contributed by atoms with Crippen LogP contribution in [0.2, 0.25) is 0 Å². The van der Waals surface area contributed by atoms with E-state index in [0.29, 0.717) is 6.04 Å². The lowest BCUT2D eigenvalue weighted by Gasteiger charge is -2.50. The van der Waals surface area contributed by atoms with E-state index in [4.69, 9.17) is 4.74 Å². The van der Waals surface area contributed by atoms with Crippen LogP contribution in [-0.4, -0.2) is 24.8 Å². The predicted octanol–water partition coefficient (Wildman–Crippen LogP) is 3.11. The molecule has 3 fully saturated rings. The van der Waals surface area contributed by atoms with Gasteiger partial charge in [-0.3, -0.25) is 0 Å². The van der Waals surface area contributed by atoms with Gasteiger partial charge in [0.25, 0.3) is 0 Å². The maximum atomic E-state index is 6.34. The molecule has 3 atom stereocenters. The minimum atomic E-state index is 0.199. The molecule has 1 N–H and O–H groups in total.